The summed E-state index contributed by atoms with van der Waals surface area (Å²) in [5.74, 6) is -1.36. The van der Waals surface area contributed by atoms with Crippen molar-refractivity contribution in [3.63, 3.8) is 0 Å². The Morgan fingerprint density at radius 3 is 2.54 bits per heavy atom. The summed E-state index contributed by atoms with van der Waals surface area (Å²) in [4.78, 5) is 24.2. The van der Waals surface area contributed by atoms with Crippen molar-refractivity contribution in [3.8, 4) is 17.1 Å². The largest absolute Gasteiger partial charge is 0.479 e. The van der Waals surface area contributed by atoms with E-state index in [2.05, 4.69) is 0 Å². The van der Waals surface area contributed by atoms with Gasteiger partial charge in [-0.3, -0.25) is 4.79 Å². The molecular formula is C19H14Cl2O5. The zero-order chi connectivity index (χ0) is 19.0. The van der Waals surface area contributed by atoms with E-state index in [9.17, 15) is 9.59 Å². The van der Waals surface area contributed by atoms with Crippen molar-refractivity contribution in [3.05, 3.63) is 62.2 Å². The Kier molecular flexibility index (Phi) is 4.94. The number of hydrogen-bond donors (Lipinski definition) is 1. The standard InChI is InChI=1S/C19H14Cl2O5/c1-9-7-15-12(8-14(9)21)16(22)18(25-10(2)19(23)24)17(26-15)11-5-3-4-6-13(11)20/h3-8,10H,1-2H3,(H,23,24)/t10-/m1/s1. The van der Waals surface area contributed by atoms with Crippen LogP contribution in [0.25, 0.3) is 22.3 Å². The molecule has 5 nitrogen and oxygen atoms in total. The van der Waals surface area contributed by atoms with Crippen LogP contribution in [0.1, 0.15) is 12.5 Å². The fourth-order valence-corrected chi connectivity index (χ4v) is 2.84. The molecule has 3 aromatic rings. The van der Waals surface area contributed by atoms with Gasteiger partial charge in [-0.05, 0) is 43.7 Å². The highest BCUT2D eigenvalue weighted by Gasteiger charge is 2.24. The van der Waals surface area contributed by atoms with Gasteiger partial charge < -0.3 is 14.3 Å². The molecule has 0 radical (unpaired) electrons. The minimum atomic E-state index is -1.25. The number of ether oxygens (including phenoxy) is 1. The minimum Gasteiger partial charge on any atom is -0.479 e. The van der Waals surface area contributed by atoms with E-state index in [-0.39, 0.29) is 16.9 Å². The molecular weight excluding hydrogens is 379 g/mol. The van der Waals surface area contributed by atoms with Crippen LogP contribution in [-0.2, 0) is 4.79 Å². The van der Waals surface area contributed by atoms with Crippen molar-refractivity contribution < 1.29 is 19.1 Å². The highest BCUT2D eigenvalue weighted by atomic mass is 35.5. The van der Waals surface area contributed by atoms with E-state index in [1.54, 1.807) is 37.3 Å². The van der Waals surface area contributed by atoms with E-state index in [1.807, 2.05) is 0 Å². The molecule has 1 N–H and O–H groups in total. The van der Waals surface area contributed by atoms with Crippen LogP contribution >= 0.6 is 23.2 Å². The maximum atomic E-state index is 13.0. The number of benzene rings is 2. The Labute approximate surface area is 158 Å². The molecule has 0 aliphatic rings. The molecule has 0 spiro atoms. The summed E-state index contributed by atoms with van der Waals surface area (Å²) in [6.07, 6.45) is -1.25. The third-order valence-corrected chi connectivity index (χ3v) is 4.63. The van der Waals surface area contributed by atoms with Crippen LogP contribution < -0.4 is 10.2 Å². The highest BCUT2D eigenvalue weighted by molar-refractivity contribution is 6.33. The molecule has 0 aliphatic carbocycles. The van der Waals surface area contributed by atoms with Crippen LogP contribution in [0.15, 0.2) is 45.6 Å². The van der Waals surface area contributed by atoms with Crippen molar-refractivity contribution in [1.82, 2.24) is 0 Å². The first kappa shape index (κ1) is 18.3. The molecule has 7 heteroatoms. The lowest BCUT2D eigenvalue weighted by Crippen LogP contribution is -2.26. The van der Waals surface area contributed by atoms with Crippen molar-refractivity contribution in [1.29, 1.82) is 0 Å². The van der Waals surface area contributed by atoms with E-state index in [4.69, 9.17) is 37.5 Å². The van der Waals surface area contributed by atoms with Gasteiger partial charge in [0.2, 0.25) is 11.2 Å². The van der Waals surface area contributed by atoms with Gasteiger partial charge in [0.25, 0.3) is 0 Å². The predicted octanol–water partition coefficient (Wildman–Crippen LogP) is 4.93. The summed E-state index contributed by atoms with van der Waals surface area (Å²) in [6.45, 7) is 3.11. The smallest absolute Gasteiger partial charge is 0.344 e. The number of aliphatic carboxylic acids is 1. The van der Waals surface area contributed by atoms with Gasteiger partial charge in [-0.15, -0.1) is 0 Å². The van der Waals surface area contributed by atoms with Crippen LogP contribution in [0.3, 0.4) is 0 Å². The molecule has 134 valence electrons. The fraction of sp³-hybridized carbons (Fsp3) is 0.158. The number of carboxylic acids is 1. The Morgan fingerprint density at radius 1 is 1.19 bits per heavy atom. The number of fused-ring (bicyclic) bond motifs is 1. The third kappa shape index (κ3) is 3.28. The summed E-state index contributed by atoms with van der Waals surface area (Å²) in [7, 11) is 0. The molecule has 1 aromatic heterocycles. The second kappa shape index (κ2) is 7.02. The van der Waals surface area contributed by atoms with Crippen LogP contribution in [0.4, 0.5) is 0 Å². The maximum absolute atomic E-state index is 13.0. The number of halogens is 2. The molecule has 2 aromatic carbocycles. The SMILES string of the molecule is Cc1cc2oc(-c3ccccc3Cl)c(O[C@H](C)C(=O)O)c(=O)c2cc1Cl. The van der Waals surface area contributed by atoms with Gasteiger partial charge in [-0.1, -0.05) is 35.3 Å². The average Bonchev–Trinajstić information content (AvgIpc) is 2.59. The second-order valence-corrected chi connectivity index (χ2v) is 6.58. The zero-order valence-corrected chi connectivity index (χ0v) is 15.4. The molecule has 0 fully saturated rings. The predicted molar refractivity (Wildman–Crippen MR) is 100 cm³/mol. The molecule has 1 heterocycles. The quantitative estimate of drug-likeness (QED) is 0.681. The van der Waals surface area contributed by atoms with Gasteiger partial charge >= 0.3 is 5.97 Å². The number of hydrogen-bond acceptors (Lipinski definition) is 4. The van der Waals surface area contributed by atoms with E-state index >= 15 is 0 Å². The van der Waals surface area contributed by atoms with Crippen molar-refractivity contribution in [2.45, 2.75) is 20.0 Å². The van der Waals surface area contributed by atoms with Crippen molar-refractivity contribution in [2.75, 3.05) is 0 Å². The van der Waals surface area contributed by atoms with Crippen LogP contribution in [0, 0.1) is 6.92 Å². The third-order valence-electron chi connectivity index (χ3n) is 3.89. The first-order chi connectivity index (χ1) is 12.3. The summed E-state index contributed by atoms with van der Waals surface area (Å²) < 4.78 is 11.3. The van der Waals surface area contributed by atoms with Gasteiger partial charge in [-0.25, -0.2) is 4.79 Å². The summed E-state index contributed by atoms with van der Waals surface area (Å²) in [5, 5.41) is 10.1. The molecule has 0 saturated heterocycles. The van der Waals surface area contributed by atoms with Gasteiger partial charge in [0.15, 0.2) is 11.9 Å². The normalized spacial score (nSPS) is 12.2. The van der Waals surface area contributed by atoms with Crippen molar-refractivity contribution in [2.24, 2.45) is 0 Å². The van der Waals surface area contributed by atoms with E-state index < -0.39 is 17.5 Å². The first-order valence-corrected chi connectivity index (χ1v) is 8.46. The number of carboxylic acid groups (broad SMARTS) is 1. The summed E-state index contributed by atoms with van der Waals surface area (Å²) >= 11 is 12.3. The topological polar surface area (TPSA) is 76.7 Å². The summed E-state index contributed by atoms with van der Waals surface area (Å²) in [6, 6.07) is 9.88. The maximum Gasteiger partial charge on any atom is 0.344 e. The molecule has 0 unspecified atom stereocenters. The van der Waals surface area contributed by atoms with Gasteiger partial charge in [0.1, 0.15) is 5.58 Å². The second-order valence-electron chi connectivity index (χ2n) is 5.77. The number of carbonyl (C=O) groups is 1. The lowest BCUT2D eigenvalue weighted by molar-refractivity contribution is -0.144. The fourth-order valence-electron chi connectivity index (χ4n) is 2.46. The molecule has 26 heavy (non-hydrogen) atoms. The van der Waals surface area contributed by atoms with Crippen molar-refractivity contribution >= 4 is 40.1 Å². The van der Waals surface area contributed by atoms with Gasteiger partial charge in [-0.2, -0.15) is 0 Å². The average molecular weight is 393 g/mol. The lowest BCUT2D eigenvalue weighted by Gasteiger charge is -2.15. The van der Waals surface area contributed by atoms with E-state index in [1.165, 1.54) is 13.0 Å². The Balaban J connectivity index is 2.36. The monoisotopic (exact) mass is 392 g/mol. The van der Waals surface area contributed by atoms with E-state index in [0.717, 1.165) is 5.56 Å². The zero-order valence-electron chi connectivity index (χ0n) is 13.9. The van der Waals surface area contributed by atoms with Gasteiger partial charge in [0, 0.05) is 10.6 Å². The van der Waals surface area contributed by atoms with Crippen LogP contribution in [0.2, 0.25) is 10.0 Å². The summed E-state index contributed by atoms with van der Waals surface area (Å²) in [5.41, 5.74) is 0.951. The Morgan fingerprint density at radius 2 is 1.88 bits per heavy atom. The molecule has 0 amide bonds. The Hall–Kier alpha value is -2.50. The van der Waals surface area contributed by atoms with E-state index in [0.29, 0.717) is 21.2 Å². The van der Waals surface area contributed by atoms with Gasteiger partial charge in [0.05, 0.1) is 10.4 Å². The molecule has 3 rings (SSSR count). The highest BCUT2D eigenvalue weighted by Crippen LogP contribution is 2.36. The number of aryl methyl sites for hydroxylation is 1. The first-order valence-electron chi connectivity index (χ1n) is 7.71. The Bertz CT molecular complexity index is 1070. The molecule has 0 saturated carbocycles. The molecule has 1 atom stereocenters. The van der Waals surface area contributed by atoms with Crippen LogP contribution in [0.5, 0.6) is 5.75 Å². The lowest BCUT2D eigenvalue weighted by atomic mass is 10.1. The minimum absolute atomic E-state index is 0.0722. The number of rotatable bonds is 4. The van der Waals surface area contributed by atoms with Crippen LogP contribution in [-0.4, -0.2) is 17.2 Å². The molecule has 0 aliphatic heterocycles. The molecule has 0 bridgehead atoms.